The van der Waals surface area contributed by atoms with E-state index in [0.717, 1.165) is 13.2 Å². The average molecular weight is 267 g/mol. The molecule has 0 radical (unpaired) electrons. The predicted molar refractivity (Wildman–Crippen MR) is 52.9 cm³/mol. The van der Waals surface area contributed by atoms with Gasteiger partial charge in [0.1, 0.15) is 3.61 Å². The number of nitrogens with zero attached hydrogens (tertiary/aromatic N) is 1. The summed E-state index contributed by atoms with van der Waals surface area (Å²) in [7, 11) is 2.17. The molecule has 64 valence electrons. The quantitative estimate of drug-likeness (QED) is 0.487. The molecule has 2 aliphatic heterocycles. The van der Waals surface area contributed by atoms with Crippen molar-refractivity contribution in [3.05, 3.63) is 0 Å². The summed E-state index contributed by atoms with van der Waals surface area (Å²) < 4.78 is 5.89. The van der Waals surface area contributed by atoms with Crippen LogP contribution in [-0.4, -0.2) is 35.3 Å². The van der Waals surface area contributed by atoms with Gasteiger partial charge in [-0.25, -0.2) is 0 Å². The number of alkyl halides is 1. The van der Waals surface area contributed by atoms with Crippen LogP contribution in [0.25, 0.3) is 0 Å². The molecule has 2 fully saturated rings. The van der Waals surface area contributed by atoms with Gasteiger partial charge in [0.05, 0.1) is 0 Å². The first-order chi connectivity index (χ1) is 5.06. The molecule has 2 atom stereocenters. The minimum atomic E-state index is 0.111. The Kier molecular flexibility index (Phi) is 1.75. The maximum Gasteiger partial charge on any atom is 0.138 e. The molecule has 0 spiro atoms. The second-order valence-electron chi connectivity index (χ2n) is 4.06. The van der Waals surface area contributed by atoms with Crippen LogP contribution in [0.3, 0.4) is 0 Å². The predicted octanol–water partition coefficient (Wildman–Crippen LogP) is 1.49. The van der Waals surface area contributed by atoms with Crippen molar-refractivity contribution in [1.82, 2.24) is 4.90 Å². The fourth-order valence-electron chi connectivity index (χ4n) is 2.23. The first kappa shape index (κ1) is 8.26. The lowest BCUT2D eigenvalue weighted by molar-refractivity contribution is 0.0693. The maximum absolute atomic E-state index is 5.78. The second kappa shape index (κ2) is 2.33. The Hall–Kier alpha value is 0.650. The highest BCUT2D eigenvalue weighted by Gasteiger charge is 2.56. The molecule has 0 bridgehead atoms. The van der Waals surface area contributed by atoms with E-state index in [1.165, 1.54) is 13.0 Å². The zero-order valence-electron chi connectivity index (χ0n) is 7.06. The summed E-state index contributed by atoms with van der Waals surface area (Å²) in [6.07, 6.45) is 1.22. The highest BCUT2D eigenvalue weighted by Crippen LogP contribution is 2.52. The normalized spacial score (nSPS) is 51.5. The van der Waals surface area contributed by atoms with Crippen LogP contribution in [0.15, 0.2) is 0 Å². The molecule has 0 saturated carbocycles. The van der Waals surface area contributed by atoms with Crippen molar-refractivity contribution >= 4 is 22.6 Å². The largest absolute Gasteiger partial charge is 0.363 e. The van der Waals surface area contributed by atoms with E-state index in [-0.39, 0.29) is 3.61 Å². The first-order valence-corrected chi connectivity index (χ1v) is 5.15. The first-order valence-electron chi connectivity index (χ1n) is 4.07. The van der Waals surface area contributed by atoms with Gasteiger partial charge in [-0.05, 0) is 36.1 Å². The van der Waals surface area contributed by atoms with Crippen molar-refractivity contribution in [3.8, 4) is 0 Å². The highest BCUT2D eigenvalue weighted by molar-refractivity contribution is 14.1. The molecule has 0 aromatic carbocycles. The molecule has 2 nitrogen and oxygen atoms in total. The molecular formula is C8H14INO. The summed E-state index contributed by atoms with van der Waals surface area (Å²) in [4.78, 5) is 2.37. The number of fused-ring (bicyclic) bond motifs is 1. The van der Waals surface area contributed by atoms with Gasteiger partial charge in [0.15, 0.2) is 0 Å². The Morgan fingerprint density at radius 1 is 1.45 bits per heavy atom. The van der Waals surface area contributed by atoms with Crippen LogP contribution in [-0.2, 0) is 4.74 Å². The van der Waals surface area contributed by atoms with E-state index in [2.05, 4.69) is 41.5 Å². The summed E-state index contributed by atoms with van der Waals surface area (Å²) in [6.45, 7) is 5.57. The van der Waals surface area contributed by atoms with Gasteiger partial charge in [0, 0.05) is 25.1 Å². The van der Waals surface area contributed by atoms with Gasteiger partial charge < -0.3 is 9.64 Å². The van der Waals surface area contributed by atoms with E-state index in [4.69, 9.17) is 4.74 Å². The van der Waals surface area contributed by atoms with Gasteiger partial charge in [-0.3, -0.25) is 0 Å². The molecule has 0 N–H and O–H groups in total. The number of halogens is 1. The SMILES string of the molecule is CN1CC2(C)CCOC2(I)C1. The van der Waals surface area contributed by atoms with Crippen LogP contribution >= 0.6 is 22.6 Å². The second-order valence-corrected chi connectivity index (χ2v) is 5.80. The summed E-state index contributed by atoms with van der Waals surface area (Å²) in [5, 5.41) is 0. The lowest BCUT2D eigenvalue weighted by atomic mass is 9.86. The molecule has 2 rings (SSSR count). The Labute approximate surface area is 81.4 Å². The van der Waals surface area contributed by atoms with Crippen LogP contribution in [0, 0.1) is 5.41 Å². The van der Waals surface area contributed by atoms with E-state index in [1.54, 1.807) is 0 Å². The van der Waals surface area contributed by atoms with Crippen LogP contribution in [0.5, 0.6) is 0 Å². The summed E-state index contributed by atoms with van der Waals surface area (Å²) in [5.41, 5.74) is 0.405. The lowest BCUT2D eigenvalue weighted by Gasteiger charge is -2.28. The van der Waals surface area contributed by atoms with Gasteiger partial charge in [-0.15, -0.1) is 0 Å². The number of likely N-dealkylation sites (N-methyl/N-ethyl adjacent to an activating group) is 1. The summed E-state index contributed by atoms with van der Waals surface area (Å²) >= 11 is 2.49. The standard InChI is InChI=1S/C8H14INO/c1-7-3-4-11-8(7,9)6-10(2)5-7/h3-6H2,1-2H3. The summed E-state index contributed by atoms with van der Waals surface area (Å²) in [6, 6.07) is 0. The minimum absolute atomic E-state index is 0.111. The van der Waals surface area contributed by atoms with Crippen molar-refractivity contribution < 1.29 is 4.74 Å². The van der Waals surface area contributed by atoms with E-state index >= 15 is 0 Å². The Morgan fingerprint density at radius 2 is 2.18 bits per heavy atom. The van der Waals surface area contributed by atoms with Gasteiger partial charge in [-0.1, -0.05) is 6.92 Å². The third kappa shape index (κ3) is 1.04. The number of likely N-dealkylation sites (tertiary alicyclic amines) is 1. The maximum atomic E-state index is 5.78. The van der Waals surface area contributed by atoms with Crippen LogP contribution in [0.1, 0.15) is 13.3 Å². The van der Waals surface area contributed by atoms with Gasteiger partial charge in [-0.2, -0.15) is 0 Å². The van der Waals surface area contributed by atoms with Crippen molar-refractivity contribution in [2.24, 2.45) is 5.41 Å². The topological polar surface area (TPSA) is 12.5 Å². The molecule has 2 unspecified atom stereocenters. The van der Waals surface area contributed by atoms with Crippen LogP contribution in [0.2, 0.25) is 0 Å². The third-order valence-corrected chi connectivity index (χ3v) is 4.93. The molecular weight excluding hydrogens is 253 g/mol. The van der Waals surface area contributed by atoms with Crippen LogP contribution < -0.4 is 0 Å². The molecule has 3 heteroatoms. The molecule has 0 aromatic rings. The molecule has 0 amide bonds. The van der Waals surface area contributed by atoms with E-state index in [0.29, 0.717) is 5.41 Å². The summed E-state index contributed by atoms with van der Waals surface area (Å²) in [5.74, 6) is 0. The van der Waals surface area contributed by atoms with Gasteiger partial charge >= 0.3 is 0 Å². The zero-order chi connectivity index (χ0) is 8.11. The van der Waals surface area contributed by atoms with Crippen LogP contribution in [0.4, 0.5) is 0 Å². The Balaban J connectivity index is 2.28. The molecule has 0 aromatic heterocycles. The molecule has 2 aliphatic rings. The number of hydrogen-bond donors (Lipinski definition) is 0. The fraction of sp³-hybridized carbons (Fsp3) is 1.00. The Bertz CT molecular complexity index is 169. The monoisotopic (exact) mass is 267 g/mol. The van der Waals surface area contributed by atoms with E-state index in [1.807, 2.05) is 0 Å². The lowest BCUT2D eigenvalue weighted by Crippen LogP contribution is -2.35. The molecule has 0 aliphatic carbocycles. The van der Waals surface area contributed by atoms with Gasteiger partial charge in [0.2, 0.25) is 0 Å². The zero-order valence-corrected chi connectivity index (χ0v) is 9.22. The van der Waals surface area contributed by atoms with Gasteiger partial charge in [0.25, 0.3) is 0 Å². The number of hydrogen-bond acceptors (Lipinski definition) is 2. The third-order valence-electron chi connectivity index (χ3n) is 2.98. The van der Waals surface area contributed by atoms with Crippen molar-refractivity contribution in [1.29, 1.82) is 0 Å². The van der Waals surface area contributed by atoms with Crippen molar-refractivity contribution in [2.45, 2.75) is 17.0 Å². The smallest absolute Gasteiger partial charge is 0.138 e. The number of rotatable bonds is 0. The Morgan fingerprint density at radius 3 is 2.82 bits per heavy atom. The van der Waals surface area contributed by atoms with E-state index < -0.39 is 0 Å². The highest BCUT2D eigenvalue weighted by atomic mass is 127. The van der Waals surface area contributed by atoms with E-state index in [9.17, 15) is 0 Å². The molecule has 2 heterocycles. The van der Waals surface area contributed by atoms with Crippen molar-refractivity contribution in [3.63, 3.8) is 0 Å². The van der Waals surface area contributed by atoms with Crippen molar-refractivity contribution in [2.75, 3.05) is 26.7 Å². The average Bonchev–Trinajstić information content (AvgIpc) is 2.16. The molecule has 2 saturated heterocycles. The fourth-order valence-corrected chi connectivity index (χ4v) is 3.47. The minimum Gasteiger partial charge on any atom is -0.363 e. The molecule has 11 heavy (non-hydrogen) atoms. The number of ether oxygens (including phenoxy) is 1.